The van der Waals surface area contributed by atoms with Gasteiger partial charge in [0.2, 0.25) is 0 Å². The van der Waals surface area contributed by atoms with E-state index in [-0.39, 0.29) is 18.7 Å². The predicted octanol–water partition coefficient (Wildman–Crippen LogP) is 1.72. The first-order valence-electron chi connectivity index (χ1n) is 6.69. The molecule has 8 heteroatoms. The van der Waals surface area contributed by atoms with Crippen LogP contribution in [0, 0.1) is 0 Å². The Morgan fingerprint density at radius 3 is 2.52 bits per heavy atom. The van der Waals surface area contributed by atoms with Crippen LogP contribution in [0.1, 0.15) is 18.4 Å². The van der Waals surface area contributed by atoms with Crippen LogP contribution in [-0.4, -0.2) is 43.2 Å². The van der Waals surface area contributed by atoms with E-state index in [4.69, 9.17) is 0 Å². The molecule has 1 aromatic heterocycles. The van der Waals surface area contributed by atoms with Gasteiger partial charge in [0.15, 0.2) is 9.84 Å². The van der Waals surface area contributed by atoms with Crippen molar-refractivity contribution in [3.8, 4) is 0 Å². The molecular formula is C13H17F3N2O2S. The average molecular weight is 322 g/mol. The topological polar surface area (TPSA) is 59.1 Å². The highest BCUT2D eigenvalue weighted by molar-refractivity contribution is 7.92. The molecule has 0 amide bonds. The Bertz CT molecular complexity index is 561. The maximum atomic E-state index is 13.0. The minimum Gasteiger partial charge on any atom is -0.305 e. The van der Waals surface area contributed by atoms with Gasteiger partial charge in [-0.2, -0.15) is 13.2 Å². The van der Waals surface area contributed by atoms with Crippen molar-refractivity contribution in [2.24, 2.45) is 0 Å². The Kier molecular flexibility index (Phi) is 4.88. The molecule has 0 bridgehead atoms. The lowest BCUT2D eigenvalue weighted by molar-refractivity contribution is -0.155. The van der Waals surface area contributed by atoms with Crippen molar-refractivity contribution in [2.45, 2.75) is 36.7 Å². The van der Waals surface area contributed by atoms with Gasteiger partial charge in [-0.15, -0.1) is 0 Å². The molecule has 21 heavy (non-hydrogen) atoms. The van der Waals surface area contributed by atoms with E-state index in [2.05, 4.69) is 10.3 Å². The second-order valence-electron chi connectivity index (χ2n) is 5.19. The van der Waals surface area contributed by atoms with E-state index in [0.717, 1.165) is 0 Å². The summed E-state index contributed by atoms with van der Waals surface area (Å²) in [6, 6.07) is 1.29. The second-order valence-corrected chi connectivity index (χ2v) is 7.59. The number of halogens is 3. The molecule has 1 aliphatic rings. The van der Waals surface area contributed by atoms with Crippen LogP contribution >= 0.6 is 0 Å². The number of aromatic nitrogens is 1. The van der Waals surface area contributed by atoms with Gasteiger partial charge in [-0.3, -0.25) is 4.98 Å². The lowest BCUT2D eigenvalue weighted by Crippen LogP contribution is -2.47. The molecule has 2 atom stereocenters. The third-order valence-corrected chi connectivity index (χ3v) is 5.91. The fraction of sp³-hybridized carbons (Fsp3) is 0.615. The number of nitrogens with one attached hydrogen (secondary N) is 1. The van der Waals surface area contributed by atoms with Gasteiger partial charge < -0.3 is 5.32 Å². The highest BCUT2D eigenvalue weighted by Gasteiger charge is 2.41. The van der Waals surface area contributed by atoms with Crippen molar-refractivity contribution in [2.75, 3.05) is 12.3 Å². The molecule has 0 aromatic carbocycles. The van der Waals surface area contributed by atoms with E-state index in [9.17, 15) is 21.6 Å². The summed E-state index contributed by atoms with van der Waals surface area (Å²) in [7, 11) is -3.24. The van der Waals surface area contributed by atoms with E-state index in [1.165, 1.54) is 24.5 Å². The van der Waals surface area contributed by atoms with Crippen LogP contribution in [0.15, 0.2) is 24.5 Å². The van der Waals surface area contributed by atoms with Crippen molar-refractivity contribution >= 4 is 9.84 Å². The Morgan fingerprint density at radius 2 is 2.00 bits per heavy atom. The van der Waals surface area contributed by atoms with Gasteiger partial charge in [0.1, 0.15) is 6.04 Å². The van der Waals surface area contributed by atoms with Crippen LogP contribution < -0.4 is 5.32 Å². The van der Waals surface area contributed by atoms with E-state index in [1.54, 1.807) is 0 Å². The van der Waals surface area contributed by atoms with Gasteiger partial charge in [-0.05, 0) is 37.0 Å². The molecule has 118 valence electrons. The highest BCUT2D eigenvalue weighted by Crippen LogP contribution is 2.25. The molecule has 0 saturated carbocycles. The van der Waals surface area contributed by atoms with Gasteiger partial charge in [0, 0.05) is 18.9 Å². The molecule has 0 aliphatic carbocycles. The lowest BCUT2D eigenvalue weighted by atomic mass is 10.1. The predicted molar refractivity (Wildman–Crippen MR) is 72.6 cm³/mol. The molecule has 1 saturated heterocycles. The van der Waals surface area contributed by atoms with Gasteiger partial charge in [-0.25, -0.2) is 8.42 Å². The number of nitrogens with zero attached hydrogens (tertiary/aromatic N) is 1. The van der Waals surface area contributed by atoms with Crippen molar-refractivity contribution in [3.05, 3.63) is 30.1 Å². The lowest BCUT2D eigenvalue weighted by Gasteiger charge is -2.23. The first-order valence-corrected chi connectivity index (χ1v) is 8.41. The number of sulfone groups is 1. The highest BCUT2D eigenvalue weighted by atomic mass is 32.2. The molecule has 2 heterocycles. The summed E-state index contributed by atoms with van der Waals surface area (Å²) in [5.74, 6) is 0.0698. The number of hydrogen-bond donors (Lipinski definition) is 1. The van der Waals surface area contributed by atoms with E-state index in [1.807, 2.05) is 0 Å². The van der Waals surface area contributed by atoms with Crippen LogP contribution in [0.5, 0.6) is 0 Å². The Morgan fingerprint density at radius 1 is 1.33 bits per heavy atom. The standard InChI is InChI=1S/C13H17F3N2O2S/c14-13(15,16)12(8-10-3-5-17-6-4-10)18-9-11-2-1-7-21(11,19)20/h3-6,11-12,18H,1-2,7-9H2/t11-,12-/m0/s1. The maximum Gasteiger partial charge on any atom is 0.404 e. The summed E-state index contributed by atoms with van der Waals surface area (Å²) in [5, 5.41) is 1.67. The molecule has 0 unspecified atom stereocenters. The van der Waals surface area contributed by atoms with Gasteiger partial charge >= 0.3 is 6.18 Å². The SMILES string of the molecule is O=S1(=O)CCC[C@H]1CN[C@@H](Cc1ccncc1)C(F)(F)F. The van der Waals surface area contributed by atoms with Crippen LogP contribution in [0.3, 0.4) is 0 Å². The summed E-state index contributed by atoms with van der Waals surface area (Å²) >= 11 is 0. The first-order chi connectivity index (χ1) is 9.79. The van der Waals surface area contributed by atoms with Gasteiger partial charge in [0.05, 0.1) is 11.0 Å². The third kappa shape index (κ3) is 4.41. The fourth-order valence-electron chi connectivity index (χ4n) is 2.42. The zero-order valence-electron chi connectivity index (χ0n) is 11.3. The van der Waals surface area contributed by atoms with Crippen molar-refractivity contribution in [1.82, 2.24) is 10.3 Å². The zero-order chi connectivity index (χ0) is 15.5. The van der Waals surface area contributed by atoms with Crippen LogP contribution in [-0.2, 0) is 16.3 Å². The minimum atomic E-state index is -4.42. The van der Waals surface area contributed by atoms with Gasteiger partial charge in [0.25, 0.3) is 0 Å². The summed E-state index contributed by atoms with van der Waals surface area (Å²) in [4.78, 5) is 3.76. The summed E-state index contributed by atoms with van der Waals surface area (Å²) in [6.07, 6.45) is -0.844. The molecule has 1 aliphatic heterocycles. The molecule has 2 rings (SSSR count). The van der Waals surface area contributed by atoms with Crippen molar-refractivity contribution < 1.29 is 21.6 Å². The number of alkyl halides is 3. The smallest absolute Gasteiger partial charge is 0.305 e. The average Bonchev–Trinajstić information content (AvgIpc) is 2.73. The van der Waals surface area contributed by atoms with Crippen LogP contribution in [0.25, 0.3) is 0 Å². The Hall–Kier alpha value is -1.15. The van der Waals surface area contributed by atoms with Crippen molar-refractivity contribution in [1.29, 1.82) is 0 Å². The second kappa shape index (κ2) is 6.31. The monoisotopic (exact) mass is 322 g/mol. The van der Waals surface area contributed by atoms with E-state index < -0.39 is 27.3 Å². The number of pyridine rings is 1. The van der Waals surface area contributed by atoms with Crippen LogP contribution in [0.2, 0.25) is 0 Å². The Labute approximate surface area is 121 Å². The minimum absolute atomic E-state index is 0.0698. The molecule has 1 aromatic rings. The fourth-order valence-corrected chi connectivity index (χ4v) is 4.20. The van der Waals surface area contributed by atoms with E-state index in [0.29, 0.717) is 18.4 Å². The normalized spacial score (nSPS) is 23.1. The summed E-state index contributed by atoms with van der Waals surface area (Å²) in [6.45, 7) is -0.155. The molecule has 0 radical (unpaired) electrons. The molecule has 1 fully saturated rings. The third-order valence-electron chi connectivity index (χ3n) is 3.64. The summed E-state index contributed by atoms with van der Waals surface area (Å²) in [5.41, 5.74) is 0.508. The quantitative estimate of drug-likeness (QED) is 0.897. The Balaban J connectivity index is 2.01. The van der Waals surface area contributed by atoms with Crippen molar-refractivity contribution in [3.63, 3.8) is 0 Å². The largest absolute Gasteiger partial charge is 0.404 e. The molecular weight excluding hydrogens is 305 g/mol. The molecule has 1 N–H and O–H groups in total. The van der Waals surface area contributed by atoms with Crippen LogP contribution in [0.4, 0.5) is 13.2 Å². The first kappa shape index (κ1) is 16.2. The zero-order valence-corrected chi connectivity index (χ0v) is 12.1. The van der Waals surface area contributed by atoms with E-state index >= 15 is 0 Å². The molecule has 0 spiro atoms. The number of hydrogen-bond acceptors (Lipinski definition) is 4. The summed E-state index contributed by atoms with van der Waals surface area (Å²) < 4.78 is 62.4. The van der Waals surface area contributed by atoms with Gasteiger partial charge in [-0.1, -0.05) is 0 Å². The molecule has 4 nitrogen and oxygen atoms in total. The number of rotatable bonds is 5. The maximum absolute atomic E-state index is 13.0.